The molecule has 0 aliphatic carbocycles. The molecule has 0 saturated carbocycles. The van der Waals surface area contributed by atoms with E-state index in [4.69, 9.17) is 4.52 Å². The van der Waals surface area contributed by atoms with Crippen LogP contribution in [0.1, 0.15) is 34.7 Å². The summed E-state index contributed by atoms with van der Waals surface area (Å²) in [5.74, 6) is 1.08. The molecule has 5 heteroatoms. The van der Waals surface area contributed by atoms with Gasteiger partial charge in [0.05, 0.1) is 5.52 Å². The molecule has 1 fully saturated rings. The number of benzene rings is 1. The summed E-state index contributed by atoms with van der Waals surface area (Å²) in [5, 5.41) is 5.03. The second kappa shape index (κ2) is 6.67. The van der Waals surface area contributed by atoms with Crippen molar-refractivity contribution >= 4 is 16.8 Å². The highest BCUT2D eigenvalue weighted by atomic mass is 16.5. The van der Waals surface area contributed by atoms with E-state index in [0.717, 1.165) is 37.9 Å². The molecule has 1 aliphatic rings. The number of para-hydroxylation sites is 1. The SMILES string of the molecule is Cc1cc(C(=O)N2CCC[C@@H](Cc3cccc4cccnc34)C2)no1. The minimum atomic E-state index is -0.0300. The van der Waals surface area contributed by atoms with Gasteiger partial charge in [-0.15, -0.1) is 0 Å². The quantitative estimate of drug-likeness (QED) is 0.733. The van der Waals surface area contributed by atoms with Crippen molar-refractivity contribution in [3.8, 4) is 0 Å². The molecule has 2 aromatic heterocycles. The van der Waals surface area contributed by atoms with Crippen LogP contribution in [-0.2, 0) is 6.42 Å². The van der Waals surface area contributed by atoms with Gasteiger partial charge in [-0.25, -0.2) is 0 Å². The summed E-state index contributed by atoms with van der Waals surface area (Å²) in [7, 11) is 0. The van der Waals surface area contributed by atoms with Gasteiger partial charge in [-0.3, -0.25) is 9.78 Å². The first-order chi connectivity index (χ1) is 12.2. The second-order valence-electron chi connectivity index (χ2n) is 6.78. The van der Waals surface area contributed by atoms with Crippen molar-refractivity contribution in [1.82, 2.24) is 15.0 Å². The van der Waals surface area contributed by atoms with Crippen LogP contribution < -0.4 is 0 Å². The maximum Gasteiger partial charge on any atom is 0.276 e. The number of aryl methyl sites for hydroxylation is 1. The zero-order chi connectivity index (χ0) is 17.2. The topological polar surface area (TPSA) is 59.2 Å². The molecule has 0 spiro atoms. The van der Waals surface area contributed by atoms with Gasteiger partial charge in [-0.2, -0.15) is 0 Å². The number of hydrogen-bond donors (Lipinski definition) is 0. The van der Waals surface area contributed by atoms with Crippen LogP contribution in [-0.4, -0.2) is 34.0 Å². The van der Waals surface area contributed by atoms with E-state index in [1.165, 1.54) is 10.9 Å². The van der Waals surface area contributed by atoms with Crippen LogP contribution in [0.2, 0.25) is 0 Å². The van der Waals surface area contributed by atoms with Crippen molar-refractivity contribution in [2.75, 3.05) is 13.1 Å². The number of carbonyl (C=O) groups excluding carboxylic acids is 1. The molecule has 0 N–H and O–H groups in total. The van der Waals surface area contributed by atoms with Gasteiger partial charge in [0.25, 0.3) is 5.91 Å². The van der Waals surface area contributed by atoms with Crippen molar-refractivity contribution in [2.45, 2.75) is 26.2 Å². The molecule has 5 nitrogen and oxygen atoms in total. The maximum absolute atomic E-state index is 12.6. The number of piperidine rings is 1. The minimum absolute atomic E-state index is 0.0300. The zero-order valence-corrected chi connectivity index (χ0v) is 14.3. The Kier molecular flexibility index (Phi) is 4.22. The Bertz CT molecular complexity index is 897. The fraction of sp³-hybridized carbons (Fsp3) is 0.350. The van der Waals surface area contributed by atoms with E-state index in [9.17, 15) is 4.79 Å². The molecule has 3 aromatic rings. The summed E-state index contributed by atoms with van der Waals surface area (Å²) in [6.07, 6.45) is 4.93. The number of likely N-dealkylation sites (tertiary alicyclic amines) is 1. The average Bonchev–Trinajstić information content (AvgIpc) is 3.08. The predicted molar refractivity (Wildman–Crippen MR) is 95.3 cm³/mol. The number of nitrogens with zero attached hydrogens (tertiary/aromatic N) is 3. The van der Waals surface area contributed by atoms with Gasteiger partial charge < -0.3 is 9.42 Å². The van der Waals surface area contributed by atoms with E-state index in [0.29, 0.717) is 17.4 Å². The lowest BCUT2D eigenvalue weighted by molar-refractivity contribution is 0.0663. The molecule has 4 rings (SSSR count). The summed E-state index contributed by atoms with van der Waals surface area (Å²) in [6.45, 7) is 3.35. The third-order valence-electron chi connectivity index (χ3n) is 4.88. The number of fused-ring (bicyclic) bond motifs is 1. The Morgan fingerprint density at radius 1 is 1.32 bits per heavy atom. The molecule has 0 radical (unpaired) electrons. The van der Waals surface area contributed by atoms with Crippen molar-refractivity contribution in [3.63, 3.8) is 0 Å². The summed E-state index contributed by atoms with van der Waals surface area (Å²) in [4.78, 5) is 19.1. The molecule has 1 amide bonds. The van der Waals surface area contributed by atoms with Crippen molar-refractivity contribution < 1.29 is 9.32 Å². The smallest absolute Gasteiger partial charge is 0.276 e. The van der Waals surface area contributed by atoms with E-state index >= 15 is 0 Å². The molecular weight excluding hydrogens is 314 g/mol. The lowest BCUT2D eigenvalue weighted by atomic mass is 9.90. The molecule has 1 saturated heterocycles. The van der Waals surface area contributed by atoms with Gasteiger partial charge in [0.2, 0.25) is 0 Å². The van der Waals surface area contributed by atoms with Gasteiger partial charge in [-0.05, 0) is 43.7 Å². The summed E-state index contributed by atoms with van der Waals surface area (Å²) in [5.41, 5.74) is 2.74. The first kappa shape index (κ1) is 15.8. The number of rotatable bonds is 3. The van der Waals surface area contributed by atoms with Crippen LogP contribution in [0.4, 0.5) is 0 Å². The third-order valence-corrected chi connectivity index (χ3v) is 4.88. The van der Waals surface area contributed by atoms with Gasteiger partial charge in [0.1, 0.15) is 5.76 Å². The normalized spacial score (nSPS) is 17.8. The van der Waals surface area contributed by atoms with Gasteiger partial charge in [0.15, 0.2) is 5.69 Å². The average molecular weight is 335 g/mol. The molecule has 3 heterocycles. The minimum Gasteiger partial charge on any atom is -0.361 e. The summed E-state index contributed by atoms with van der Waals surface area (Å²) >= 11 is 0. The van der Waals surface area contributed by atoms with Gasteiger partial charge >= 0.3 is 0 Å². The molecule has 1 atom stereocenters. The fourth-order valence-electron chi connectivity index (χ4n) is 3.69. The van der Waals surface area contributed by atoms with Crippen LogP contribution in [0.25, 0.3) is 10.9 Å². The van der Waals surface area contributed by atoms with Crippen molar-refractivity contribution in [1.29, 1.82) is 0 Å². The van der Waals surface area contributed by atoms with E-state index < -0.39 is 0 Å². The summed E-state index contributed by atoms with van der Waals surface area (Å²) in [6, 6.07) is 12.1. The number of pyridine rings is 1. The number of hydrogen-bond acceptors (Lipinski definition) is 4. The Morgan fingerprint density at radius 3 is 3.04 bits per heavy atom. The van der Waals surface area contributed by atoms with Gasteiger partial charge in [0, 0.05) is 30.7 Å². The number of amides is 1. The summed E-state index contributed by atoms with van der Waals surface area (Å²) < 4.78 is 5.04. The van der Waals surface area contributed by atoms with Crippen LogP contribution in [0, 0.1) is 12.8 Å². The predicted octanol–water partition coefficient (Wildman–Crippen LogP) is 3.63. The zero-order valence-electron chi connectivity index (χ0n) is 14.3. The monoisotopic (exact) mass is 335 g/mol. The molecule has 1 aliphatic heterocycles. The number of aromatic nitrogens is 2. The lowest BCUT2D eigenvalue weighted by Crippen LogP contribution is -2.40. The Balaban J connectivity index is 1.50. The molecule has 128 valence electrons. The molecular formula is C20H21N3O2. The van der Waals surface area contributed by atoms with Crippen LogP contribution >= 0.6 is 0 Å². The maximum atomic E-state index is 12.6. The van der Waals surface area contributed by atoms with E-state index in [1.807, 2.05) is 17.2 Å². The second-order valence-corrected chi connectivity index (χ2v) is 6.78. The van der Waals surface area contributed by atoms with E-state index in [1.54, 1.807) is 13.0 Å². The Hall–Kier alpha value is -2.69. The molecule has 0 bridgehead atoms. The van der Waals surface area contributed by atoms with Crippen LogP contribution in [0.5, 0.6) is 0 Å². The molecule has 0 unspecified atom stereocenters. The number of carbonyl (C=O) groups is 1. The van der Waals surface area contributed by atoms with Crippen molar-refractivity contribution in [3.05, 3.63) is 59.6 Å². The fourth-order valence-corrected chi connectivity index (χ4v) is 3.69. The highest BCUT2D eigenvalue weighted by Crippen LogP contribution is 2.25. The molecule has 1 aromatic carbocycles. The van der Waals surface area contributed by atoms with Crippen LogP contribution in [0.15, 0.2) is 47.1 Å². The van der Waals surface area contributed by atoms with E-state index in [2.05, 4.69) is 34.4 Å². The Morgan fingerprint density at radius 2 is 2.20 bits per heavy atom. The highest BCUT2D eigenvalue weighted by molar-refractivity contribution is 5.92. The van der Waals surface area contributed by atoms with Gasteiger partial charge in [-0.1, -0.05) is 29.4 Å². The largest absolute Gasteiger partial charge is 0.361 e. The Labute approximate surface area is 146 Å². The van der Waals surface area contributed by atoms with Crippen molar-refractivity contribution in [2.24, 2.45) is 5.92 Å². The third kappa shape index (κ3) is 3.27. The first-order valence-electron chi connectivity index (χ1n) is 8.76. The first-order valence-corrected chi connectivity index (χ1v) is 8.76. The van der Waals surface area contributed by atoms with E-state index in [-0.39, 0.29) is 5.91 Å². The standard InChI is InChI=1S/C20H21N3O2/c1-14-11-18(22-25-14)20(24)23-10-4-5-15(13-23)12-17-7-2-6-16-8-3-9-21-19(16)17/h2-3,6-9,11,15H,4-5,10,12-13H2,1H3/t15-/m0/s1. The lowest BCUT2D eigenvalue weighted by Gasteiger charge is -2.32. The highest BCUT2D eigenvalue weighted by Gasteiger charge is 2.26. The van der Waals surface area contributed by atoms with Crippen LogP contribution in [0.3, 0.4) is 0 Å². The molecule has 25 heavy (non-hydrogen) atoms.